The zero-order valence-electron chi connectivity index (χ0n) is 16.1. The fraction of sp³-hybridized carbons (Fsp3) is 0.238. The number of benzene rings is 1. The molecule has 0 atom stereocenters. The first-order chi connectivity index (χ1) is 13.8. The summed E-state index contributed by atoms with van der Waals surface area (Å²) in [6, 6.07) is 3.37. The minimum Gasteiger partial charge on any atom is -0.348 e. The number of rotatable bonds is 7. The summed E-state index contributed by atoms with van der Waals surface area (Å²) in [4.78, 5) is 28.2. The summed E-state index contributed by atoms with van der Waals surface area (Å²) in [7, 11) is 0. The van der Waals surface area contributed by atoms with Gasteiger partial charge in [-0.1, -0.05) is 36.2 Å². The number of thioether (sulfide) groups is 1. The molecule has 0 saturated heterocycles. The molecule has 3 nitrogen and oxygen atoms in total. The number of aromatic nitrogens is 1. The maximum Gasteiger partial charge on any atom is 0.202 e. The highest BCUT2D eigenvalue weighted by Gasteiger charge is 2.19. The normalized spacial score (nSPS) is 11.9. The maximum absolute atomic E-state index is 12.9. The summed E-state index contributed by atoms with van der Waals surface area (Å²) in [6.45, 7) is 9.36. The number of halogens is 4. The van der Waals surface area contributed by atoms with Gasteiger partial charge < -0.3 is 4.98 Å². The summed E-state index contributed by atoms with van der Waals surface area (Å²) in [5.74, 6) is 0.456. The Bertz CT molecular complexity index is 1020. The third-order valence-corrected chi connectivity index (χ3v) is 6.38. The fourth-order valence-electron chi connectivity index (χ4n) is 2.46. The number of alkyl halides is 1. The molecule has 0 aliphatic carbocycles. The van der Waals surface area contributed by atoms with E-state index in [1.54, 1.807) is 12.1 Å². The highest BCUT2D eigenvalue weighted by Crippen LogP contribution is 2.31. The lowest BCUT2D eigenvalue weighted by Gasteiger charge is -2.12. The van der Waals surface area contributed by atoms with Gasteiger partial charge in [-0.3, -0.25) is 9.59 Å². The molecule has 0 amide bonds. The van der Waals surface area contributed by atoms with E-state index in [4.69, 9.17) is 34.8 Å². The van der Waals surface area contributed by atoms with Crippen molar-refractivity contribution in [1.82, 2.24) is 4.98 Å². The summed E-state index contributed by atoms with van der Waals surface area (Å²) < 4.78 is 0.693. The lowest BCUT2D eigenvalue weighted by Crippen LogP contribution is -2.17. The van der Waals surface area contributed by atoms with Gasteiger partial charge in [0.2, 0.25) is 5.43 Å². The summed E-state index contributed by atoms with van der Waals surface area (Å²) in [6.07, 6.45) is 4.51. The zero-order chi connectivity index (χ0) is 22.1. The molecule has 0 fully saturated rings. The molecule has 29 heavy (non-hydrogen) atoms. The van der Waals surface area contributed by atoms with E-state index in [2.05, 4.69) is 34.1 Å². The number of fused-ring (bicyclic) bond motifs is 1. The van der Waals surface area contributed by atoms with Gasteiger partial charge in [0.05, 0.1) is 26.5 Å². The van der Waals surface area contributed by atoms with Crippen LogP contribution in [0, 0.1) is 0 Å². The minimum atomic E-state index is -0.384. The second-order valence-corrected chi connectivity index (χ2v) is 8.67. The number of allylic oxidation sites excluding steroid dienone is 3. The van der Waals surface area contributed by atoms with Crippen LogP contribution in [0.2, 0.25) is 5.02 Å². The van der Waals surface area contributed by atoms with Crippen molar-refractivity contribution < 1.29 is 4.79 Å². The fourth-order valence-corrected chi connectivity index (χ4v) is 4.80. The largest absolute Gasteiger partial charge is 0.348 e. The van der Waals surface area contributed by atoms with Crippen LogP contribution in [0.5, 0.6) is 0 Å². The van der Waals surface area contributed by atoms with E-state index >= 15 is 0 Å². The summed E-state index contributed by atoms with van der Waals surface area (Å²) in [5, 5.41) is 1.69. The Morgan fingerprint density at radius 3 is 2.55 bits per heavy atom. The number of carbonyl (C=O) groups is 1. The molecule has 1 aromatic heterocycles. The van der Waals surface area contributed by atoms with Gasteiger partial charge in [-0.25, -0.2) is 0 Å². The summed E-state index contributed by atoms with van der Waals surface area (Å²) >= 11 is 23.1. The molecule has 2 rings (SSSR count). The first kappa shape index (κ1) is 26.1. The van der Waals surface area contributed by atoms with Crippen molar-refractivity contribution in [2.75, 3.05) is 11.6 Å². The molecule has 156 valence electrons. The van der Waals surface area contributed by atoms with Crippen LogP contribution >= 0.6 is 62.5 Å². The third kappa shape index (κ3) is 6.76. The van der Waals surface area contributed by atoms with Crippen LogP contribution in [0.4, 0.5) is 0 Å². The van der Waals surface area contributed by atoms with Crippen LogP contribution in [0.25, 0.3) is 10.9 Å². The van der Waals surface area contributed by atoms with Crippen molar-refractivity contribution in [3.8, 4) is 0 Å². The van der Waals surface area contributed by atoms with Crippen molar-refractivity contribution in [3.63, 3.8) is 0 Å². The molecule has 0 aliphatic heterocycles. The number of carbonyl (C=O) groups excluding carboxylic acids is 1. The Hall–Kier alpha value is -0.980. The Labute approximate surface area is 198 Å². The quantitative estimate of drug-likeness (QED) is 0.129. The van der Waals surface area contributed by atoms with Crippen LogP contribution in [0.15, 0.2) is 62.3 Å². The van der Waals surface area contributed by atoms with Crippen LogP contribution in [-0.2, 0) is 0 Å². The molecule has 0 aliphatic rings. The topological polar surface area (TPSA) is 49.9 Å². The maximum atomic E-state index is 12.9. The lowest BCUT2D eigenvalue weighted by molar-refractivity contribution is 0.101. The van der Waals surface area contributed by atoms with Crippen molar-refractivity contribution in [1.29, 1.82) is 0 Å². The average molecular weight is 538 g/mol. The molecule has 1 N–H and O–H groups in total. The summed E-state index contributed by atoms with van der Waals surface area (Å²) in [5.41, 5.74) is 1.15. The highest BCUT2D eigenvalue weighted by molar-refractivity contribution is 9.10. The van der Waals surface area contributed by atoms with Gasteiger partial charge in [0, 0.05) is 21.1 Å². The number of nitrogens with one attached hydrogen (secondary N) is 1. The molecule has 0 bridgehead atoms. The van der Waals surface area contributed by atoms with E-state index in [-0.39, 0.29) is 16.8 Å². The Balaban J connectivity index is 0.00000204. The van der Waals surface area contributed by atoms with E-state index < -0.39 is 0 Å². The molecular weight excluding hydrogens is 517 g/mol. The highest BCUT2D eigenvalue weighted by atomic mass is 79.9. The second-order valence-electron chi connectivity index (χ2n) is 5.72. The Kier molecular flexibility index (Phi) is 11.4. The van der Waals surface area contributed by atoms with Gasteiger partial charge in [0.25, 0.3) is 0 Å². The number of ketones is 1. The van der Waals surface area contributed by atoms with Crippen molar-refractivity contribution in [2.24, 2.45) is 0 Å². The molecule has 1 aromatic carbocycles. The lowest BCUT2D eigenvalue weighted by atomic mass is 10.1. The van der Waals surface area contributed by atoms with Crippen LogP contribution in [-0.4, -0.2) is 22.4 Å². The first-order valence-electron chi connectivity index (χ1n) is 8.58. The number of Topliss-reactive ketones (excluding diaryl/α,β-unsaturated/α-hetero) is 1. The van der Waals surface area contributed by atoms with E-state index in [9.17, 15) is 9.59 Å². The van der Waals surface area contributed by atoms with E-state index in [0.717, 1.165) is 12.0 Å². The van der Waals surface area contributed by atoms with E-state index in [1.165, 1.54) is 18.7 Å². The smallest absolute Gasteiger partial charge is 0.202 e. The number of hydrogen-bond donors (Lipinski definition) is 1. The third-order valence-electron chi connectivity index (χ3n) is 3.69. The molecule has 0 unspecified atom stereocenters. The SMILES string of the molecule is C=C.CC/C=C(Cl)\C=C(/CCl)CSc1[nH]c2c(Br)ccc(Cl)c2c(=O)c1C(C)=O. The number of hydrogen-bond acceptors (Lipinski definition) is 3. The molecule has 0 saturated carbocycles. The molecule has 0 spiro atoms. The van der Waals surface area contributed by atoms with Gasteiger partial charge in [-0.15, -0.1) is 36.5 Å². The Morgan fingerprint density at radius 2 is 2.00 bits per heavy atom. The van der Waals surface area contributed by atoms with E-state index in [1.807, 2.05) is 19.1 Å². The van der Waals surface area contributed by atoms with Crippen LogP contribution in [0.1, 0.15) is 30.6 Å². The van der Waals surface area contributed by atoms with Gasteiger partial charge in [0.15, 0.2) is 5.78 Å². The first-order valence-corrected chi connectivity index (χ1v) is 11.7. The second kappa shape index (κ2) is 12.7. The van der Waals surface area contributed by atoms with E-state index in [0.29, 0.717) is 42.1 Å². The number of H-pyrrole nitrogens is 1. The van der Waals surface area contributed by atoms with Gasteiger partial charge in [-0.05, 0) is 53.1 Å². The van der Waals surface area contributed by atoms with Gasteiger partial charge in [0.1, 0.15) is 0 Å². The van der Waals surface area contributed by atoms with Gasteiger partial charge in [-0.2, -0.15) is 0 Å². The Morgan fingerprint density at radius 1 is 1.34 bits per heavy atom. The number of aromatic amines is 1. The van der Waals surface area contributed by atoms with Crippen molar-refractivity contribution in [2.45, 2.75) is 25.3 Å². The standard InChI is InChI=1S/C19H17BrCl3NO2S.C2H4/c1-3-4-12(22)7-11(8-21)9-27-19-15(10(2)25)18(26)16-14(23)6-5-13(20)17(16)24-19;1-2/h4-7H,3,8-9H2,1-2H3,(H,24,26);1-2H2/b11-7+,12-4+;. The minimum absolute atomic E-state index is 0.0941. The predicted octanol–water partition coefficient (Wildman–Crippen LogP) is 7.74. The number of pyridine rings is 1. The predicted molar refractivity (Wildman–Crippen MR) is 132 cm³/mol. The molecule has 1 heterocycles. The average Bonchev–Trinajstić information content (AvgIpc) is 2.69. The molecule has 0 radical (unpaired) electrons. The molecule has 8 heteroatoms. The monoisotopic (exact) mass is 535 g/mol. The van der Waals surface area contributed by atoms with Crippen molar-refractivity contribution in [3.05, 3.63) is 73.3 Å². The van der Waals surface area contributed by atoms with Crippen LogP contribution in [0.3, 0.4) is 0 Å². The molecule has 2 aromatic rings. The van der Waals surface area contributed by atoms with Crippen LogP contribution < -0.4 is 5.43 Å². The zero-order valence-corrected chi connectivity index (χ0v) is 20.8. The molecular formula is C21H21BrCl3NO2S. The van der Waals surface area contributed by atoms with Gasteiger partial charge >= 0.3 is 0 Å². The van der Waals surface area contributed by atoms with Crippen molar-refractivity contribution >= 4 is 79.2 Å².